The van der Waals surface area contributed by atoms with Crippen molar-refractivity contribution >= 4 is 6.09 Å². The molecule has 0 atom stereocenters. The van der Waals surface area contributed by atoms with E-state index in [1.54, 1.807) is 0 Å². The number of rotatable bonds is 2. The SMILES string of the molecule is O=C(O)N1CCC(c2nnnn2C2CC2)CC1. The van der Waals surface area contributed by atoms with Crippen molar-refractivity contribution in [2.24, 2.45) is 0 Å². The van der Waals surface area contributed by atoms with Crippen LogP contribution in [0.25, 0.3) is 0 Å². The van der Waals surface area contributed by atoms with Crippen LogP contribution in [0.5, 0.6) is 0 Å². The molecule has 0 aromatic carbocycles. The molecule has 2 fully saturated rings. The Morgan fingerprint density at radius 2 is 1.94 bits per heavy atom. The van der Waals surface area contributed by atoms with Crippen molar-refractivity contribution in [2.75, 3.05) is 13.1 Å². The predicted octanol–water partition coefficient (Wildman–Crippen LogP) is 0.865. The highest BCUT2D eigenvalue weighted by Gasteiger charge is 2.32. The fourth-order valence-corrected chi connectivity index (χ4v) is 2.38. The Labute approximate surface area is 98.4 Å². The number of likely N-dealkylation sites (tertiary alicyclic amines) is 1. The largest absolute Gasteiger partial charge is 0.465 e. The molecule has 3 rings (SSSR count). The summed E-state index contributed by atoms with van der Waals surface area (Å²) in [6.45, 7) is 1.16. The number of aromatic nitrogens is 4. The van der Waals surface area contributed by atoms with E-state index in [-0.39, 0.29) is 0 Å². The third-order valence-corrected chi connectivity index (χ3v) is 3.54. The molecule has 92 valence electrons. The highest BCUT2D eigenvalue weighted by molar-refractivity contribution is 5.65. The van der Waals surface area contributed by atoms with Crippen LogP contribution in [-0.2, 0) is 0 Å². The van der Waals surface area contributed by atoms with Crippen LogP contribution in [0, 0.1) is 0 Å². The number of carboxylic acid groups (broad SMARTS) is 1. The average Bonchev–Trinajstić information content (AvgIpc) is 3.07. The zero-order valence-electron chi connectivity index (χ0n) is 9.49. The van der Waals surface area contributed by atoms with E-state index < -0.39 is 6.09 Å². The minimum Gasteiger partial charge on any atom is -0.465 e. The number of carbonyl (C=O) groups is 1. The van der Waals surface area contributed by atoms with Crippen molar-refractivity contribution < 1.29 is 9.90 Å². The number of hydrogen-bond acceptors (Lipinski definition) is 4. The Balaban J connectivity index is 1.69. The molecule has 0 radical (unpaired) electrons. The van der Waals surface area contributed by atoms with Gasteiger partial charge in [-0.2, -0.15) is 0 Å². The zero-order valence-corrected chi connectivity index (χ0v) is 9.49. The van der Waals surface area contributed by atoms with Gasteiger partial charge < -0.3 is 10.0 Å². The summed E-state index contributed by atoms with van der Waals surface area (Å²) in [4.78, 5) is 12.3. The van der Waals surface area contributed by atoms with E-state index >= 15 is 0 Å². The van der Waals surface area contributed by atoms with Crippen molar-refractivity contribution in [2.45, 2.75) is 37.6 Å². The van der Waals surface area contributed by atoms with Crippen molar-refractivity contribution in [3.8, 4) is 0 Å². The lowest BCUT2D eigenvalue weighted by Gasteiger charge is -2.29. The molecular weight excluding hydrogens is 222 g/mol. The minimum absolute atomic E-state index is 0.307. The van der Waals surface area contributed by atoms with Gasteiger partial charge in [-0.3, -0.25) is 0 Å². The molecule has 1 aliphatic carbocycles. The maximum absolute atomic E-state index is 10.8. The van der Waals surface area contributed by atoms with E-state index in [0.29, 0.717) is 25.0 Å². The quantitative estimate of drug-likeness (QED) is 0.824. The average molecular weight is 237 g/mol. The van der Waals surface area contributed by atoms with Crippen LogP contribution < -0.4 is 0 Å². The Bertz CT molecular complexity index is 420. The van der Waals surface area contributed by atoms with Gasteiger partial charge in [0.2, 0.25) is 0 Å². The van der Waals surface area contributed by atoms with Crippen LogP contribution in [-0.4, -0.2) is 49.4 Å². The molecule has 17 heavy (non-hydrogen) atoms. The monoisotopic (exact) mass is 237 g/mol. The molecular formula is C10H15N5O2. The Hall–Kier alpha value is -1.66. The van der Waals surface area contributed by atoms with Gasteiger partial charge in [0.25, 0.3) is 0 Å². The third kappa shape index (κ3) is 1.96. The van der Waals surface area contributed by atoms with E-state index in [9.17, 15) is 4.79 Å². The van der Waals surface area contributed by atoms with E-state index in [1.807, 2.05) is 4.68 Å². The summed E-state index contributed by atoms with van der Waals surface area (Å²) in [5, 5.41) is 20.8. The van der Waals surface area contributed by atoms with E-state index in [0.717, 1.165) is 31.5 Å². The summed E-state index contributed by atoms with van der Waals surface area (Å²) >= 11 is 0. The summed E-state index contributed by atoms with van der Waals surface area (Å²) in [6, 6.07) is 0.484. The first-order chi connectivity index (χ1) is 8.25. The Morgan fingerprint density at radius 1 is 1.24 bits per heavy atom. The van der Waals surface area contributed by atoms with E-state index in [1.165, 1.54) is 4.90 Å². The molecule has 0 bridgehead atoms. The van der Waals surface area contributed by atoms with Gasteiger partial charge in [-0.15, -0.1) is 5.10 Å². The van der Waals surface area contributed by atoms with Crippen LogP contribution in [0.2, 0.25) is 0 Å². The molecule has 0 spiro atoms. The zero-order chi connectivity index (χ0) is 11.8. The molecule has 0 unspecified atom stereocenters. The van der Waals surface area contributed by atoms with Gasteiger partial charge >= 0.3 is 6.09 Å². The summed E-state index contributed by atoms with van der Waals surface area (Å²) in [5.74, 6) is 1.25. The molecule has 1 aromatic heterocycles. The Morgan fingerprint density at radius 3 is 2.53 bits per heavy atom. The van der Waals surface area contributed by atoms with Crippen LogP contribution in [0.15, 0.2) is 0 Å². The molecule has 2 aliphatic rings. The van der Waals surface area contributed by atoms with Gasteiger partial charge in [0, 0.05) is 19.0 Å². The first-order valence-electron chi connectivity index (χ1n) is 6.01. The predicted molar refractivity (Wildman–Crippen MR) is 57.7 cm³/mol. The van der Waals surface area contributed by atoms with Crippen LogP contribution >= 0.6 is 0 Å². The molecule has 2 heterocycles. The van der Waals surface area contributed by atoms with Gasteiger partial charge in [-0.25, -0.2) is 9.48 Å². The number of piperidine rings is 1. The summed E-state index contributed by atoms with van der Waals surface area (Å²) in [7, 11) is 0. The number of nitrogens with zero attached hydrogens (tertiary/aromatic N) is 5. The fraction of sp³-hybridized carbons (Fsp3) is 0.800. The normalized spacial score (nSPS) is 21.8. The molecule has 1 saturated carbocycles. The molecule has 1 amide bonds. The fourth-order valence-electron chi connectivity index (χ4n) is 2.38. The maximum Gasteiger partial charge on any atom is 0.407 e. The molecule has 1 N–H and O–H groups in total. The van der Waals surface area contributed by atoms with Crippen LogP contribution in [0.1, 0.15) is 43.5 Å². The molecule has 1 saturated heterocycles. The second-order valence-electron chi connectivity index (χ2n) is 4.76. The van der Waals surface area contributed by atoms with Crippen molar-refractivity contribution in [1.82, 2.24) is 25.1 Å². The van der Waals surface area contributed by atoms with Gasteiger partial charge in [-0.1, -0.05) is 0 Å². The van der Waals surface area contributed by atoms with Crippen molar-refractivity contribution in [1.29, 1.82) is 0 Å². The van der Waals surface area contributed by atoms with Gasteiger partial charge in [0.15, 0.2) is 5.82 Å². The molecule has 1 aliphatic heterocycles. The molecule has 7 heteroatoms. The van der Waals surface area contributed by atoms with E-state index in [2.05, 4.69) is 15.5 Å². The summed E-state index contributed by atoms with van der Waals surface area (Å²) in [5.41, 5.74) is 0. The molecule has 1 aromatic rings. The van der Waals surface area contributed by atoms with Crippen molar-refractivity contribution in [3.63, 3.8) is 0 Å². The van der Waals surface area contributed by atoms with Crippen LogP contribution in [0.4, 0.5) is 4.79 Å². The second-order valence-corrected chi connectivity index (χ2v) is 4.76. The highest BCUT2D eigenvalue weighted by atomic mass is 16.4. The lowest BCUT2D eigenvalue weighted by atomic mass is 9.96. The van der Waals surface area contributed by atoms with Crippen LogP contribution in [0.3, 0.4) is 0 Å². The topological polar surface area (TPSA) is 84.1 Å². The first-order valence-corrected chi connectivity index (χ1v) is 6.01. The number of tetrazole rings is 1. The van der Waals surface area contributed by atoms with Gasteiger partial charge in [-0.05, 0) is 36.1 Å². The summed E-state index contributed by atoms with van der Waals surface area (Å²) < 4.78 is 1.93. The lowest BCUT2D eigenvalue weighted by Crippen LogP contribution is -2.37. The van der Waals surface area contributed by atoms with E-state index in [4.69, 9.17) is 5.11 Å². The number of hydrogen-bond donors (Lipinski definition) is 1. The Kier molecular flexibility index (Phi) is 2.45. The van der Waals surface area contributed by atoms with Gasteiger partial charge in [0.1, 0.15) is 0 Å². The van der Waals surface area contributed by atoms with Crippen molar-refractivity contribution in [3.05, 3.63) is 5.82 Å². The maximum atomic E-state index is 10.8. The van der Waals surface area contributed by atoms with Gasteiger partial charge in [0.05, 0.1) is 6.04 Å². The lowest BCUT2D eigenvalue weighted by molar-refractivity contribution is 0.131. The summed E-state index contributed by atoms with van der Waals surface area (Å²) in [6.07, 6.45) is 3.13. The second kappa shape index (κ2) is 3.97. The minimum atomic E-state index is -0.828. The smallest absolute Gasteiger partial charge is 0.407 e. The third-order valence-electron chi connectivity index (χ3n) is 3.54. The number of amides is 1. The standard InChI is InChI=1S/C10H15N5O2/c16-10(17)14-5-3-7(4-6-14)9-11-12-13-15(9)8-1-2-8/h7-8H,1-6H2,(H,16,17). The molecule has 7 nitrogen and oxygen atoms in total. The first kappa shape index (κ1) is 10.5. The highest BCUT2D eigenvalue weighted by Crippen LogP contribution is 2.37.